The maximum absolute atomic E-state index is 11.7. The lowest BCUT2D eigenvalue weighted by Gasteiger charge is -2.13. The van der Waals surface area contributed by atoms with Gasteiger partial charge in [-0.1, -0.05) is 6.07 Å². The second-order valence-electron chi connectivity index (χ2n) is 4.62. The second-order valence-corrected chi connectivity index (χ2v) is 4.62. The number of nitrogens with one attached hydrogen (secondary N) is 1. The number of carbonyl (C=O) groups excluding carboxylic acids is 1. The molecule has 0 aliphatic rings. The van der Waals surface area contributed by atoms with Crippen LogP contribution >= 0.6 is 0 Å². The van der Waals surface area contributed by atoms with E-state index in [1.807, 2.05) is 38.1 Å². The molecule has 0 aliphatic carbocycles. The van der Waals surface area contributed by atoms with E-state index in [0.717, 1.165) is 17.2 Å². The van der Waals surface area contributed by atoms with Gasteiger partial charge in [0.15, 0.2) is 0 Å². The average molecular weight is 273 g/mol. The summed E-state index contributed by atoms with van der Waals surface area (Å²) in [7, 11) is 0. The van der Waals surface area contributed by atoms with E-state index in [0.29, 0.717) is 12.2 Å². The number of rotatable bonds is 5. The van der Waals surface area contributed by atoms with Crippen LogP contribution in [0.1, 0.15) is 41.8 Å². The smallest absolute Gasteiger partial charge is 0.338 e. The number of aryl methyl sites for hydroxylation is 1. The van der Waals surface area contributed by atoms with Gasteiger partial charge in [0.05, 0.1) is 18.2 Å². The second kappa shape index (κ2) is 6.28. The van der Waals surface area contributed by atoms with E-state index in [1.54, 1.807) is 19.1 Å². The Morgan fingerprint density at radius 2 is 2.15 bits per heavy atom. The number of benzene rings is 1. The minimum Gasteiger partial charge on any atom is -0.464 e. The molecule has 1 unspecified atom stereocenters. The van der Waals surface area contributed by atoms with Crippen molar-refractivity contribution in [2.45, 2.75) is 26.8 Å². The lowest BCUT2D eigenvalue weighted by Crippen LogP contribution is -2.08. The first-order valence-electron chi connectivity index (χ1n) is 6.70. The normalized spacial score (nSPS) is 11.9. The number of furan rings is 1. The molecule has 1 aromatic heterocycles. The van der Waals surface area contributed by atoms with Crippen molar-refractivity contribution in [2.24, 2.45) is 0 Å². The first-order valence-corrected chi connectivity index (χ1v) is 6.70. The highest BCUT2D eigenvalue weighted by Crippen LogP contribution is 2.21. The van der Waals surface area contributed by atoms with Crippen molar-refractivity contribution in [3.63, 3.8) is 0 Å². The molecule has 0 saturated heterocycles. The number of carbonyl (C=O) groups is 1. The summed E-state index contributed by atoms with van der Waals surface area (Å²) in [6, 6.07) is 11.2. The fourth-order valence-electron chi connectivity index (χ4n) is 1.96. The van der Waals surface area contributed by atoms with Crippen molar-refractivity contribution in [2.75, 3.05) is 11.9 Å². The van der Waals surface area contributed by atoms with E-state index in [4.69, 9.17) is 9.15 Å². The van der Waals surface area contributed by atoms with Crippen LogP contribution in [-0.2, 0) is 4.74 Å². The topological polar surface area (TPSA) is 51.5 Å². The fraction of sp³-hybridized carbons (Fsp3) is 0.312. The summed E-state index contributed by atoms with van der Waals surface area (Å²) >= 11 is 0. The zero-order valence-corrected chi connectivity index (χ0v) is 12.0. The maximum Gasteiger partial charge on any atom is 0.338 e. The van der Waals surface area contributed by atoms with Crippen LogP contribution < -0.4 is 5.32 Å². The predicted octanol–water partition coefficient (Wildman–Crippen LogP) is 3.94. The summed E-state index contributed by atoms with van der Waals surface area (Å²) in [5, 5.41) is 3.31. The highest BCUT2D eigenvalue weighted by Gasteiger charge is 2.11. The van der Waals surface area contributed by atoms with Gasteiger partial charge in [0.25, 0.3) is 0 Å². The molecule has 1 heterocycles. The molecule has 0 bridgehead atoms. The van der Waals surface area contributed by atoms with Crippen LogP contribution in [0.25, 0.3) is 0 Å². The molecule has 0 spiro atoms. The van der Waals surface area contributed by atoms with Crippen LogP contribution in [-0.4, -0.2) is 12.6 Å². The maximum atomic E-state index is 11.7. The van der Waals surface area contributed by atoms with E-state index in [-0.39, 0.29) is 12.0 Å². The third-order valence-corrected chi connectivity index (χ3v) is 2.94. The Balaban J connectivity index is 2.09. The highest BCUT2D eigenvalue weighted by molar-refractivity contribution is 5.90. The van der Waals surface area contributed by atoms with Crippen LogP contribution in [0.2, 0.25) is 0 Å². The monoisotopic (exact) mass is 273 g/mol. The largest absolute Gasteiger partial charge is 0.464 e. The fourth-order valence-corrected chi connectivity index (χ4v) is 1.96. The van der Waals surface area contributed by atoms with Gasteiger partial charge in [0, 0.05) is 5.69 Å². The predicted molar refractivity (Wildman–Crippen MR) is 77.9 cm³/mol. The lowest BCUT2D eigenvalue weighted by molar-refractivity contribution is 0.0526. The molecule has 20 heavy (non-hydrogen) atoms. The minimum atomic E-state index is -0.308. The number of hydrogen-bond donors (Lipinski definition) is 1. The van der Waals surface area contributed by atoms with Gasteiger partial charge < -0.3 is 14.5 Å². The summed E-state index contributed by atoms with van der Waals surface area (Å²) < 4.78 is 10.6. The molecule has 106 valence electrons. The van der Waals surface area contributed by atoms with Crippen LogP contribution in [0.15, 0.2) is 40.8 Å². The van der Waals surface area contributed by atoms with Crippen molar-refractivity contribution in [1.82, 2.24) is 0 Å². The van der Waals surface area contributed by atoms with E-state index >= 15 is 0 Å². The standard InChI is InChI=1S/C16H19NO3/c1-4-19-16(18)13-6-5-7-14(10-13)17-12(3)15-9-8-11(2)20-15/h5-10,12,17H,4H2,1-3H3. The molecule has 1 atom stereocenters. The van der Waals surface area contributed by atoms with Crippen LogP contribution in [0.3, 0.4) is 0 Å². The van der Waals surface area contributed by atoms with Crippen LogP contribution in [0.5, 0.6) is 0 Å². The lowest BCUT2D eigenvalue weighted by atomic mass is 10.1. The molecule has 4 nitrogen and oxygen atoms in total. The Morgan fingerprint density at radius 1 is 1.35 bits per heavy atom. The SMILES string of the molecule is CCOC(=O)c1cccc(NC(C)c2ccc(C)o2)c1. The van der Waals surface area contributed by atoms with Crippen molar-refractivity contribution >= 4 is 11.7 Å². The van der Waals surface area contributed by atoms with Crippen LogP contribution in [0, 0.1) is 6.92 Å². The summed E-state index contributed by atoms with van der Waals surface area (Å²) in [6.45, 7) is 6.09. The molecule has 0 fully saturated rings. The van der Waals surface area contributed by atoms with Gasteiger partial charge in [-0.15, -0.1) is 0 Å². The van der Waals surface area contributed by atoms with Gasteiger partial charge in [0.2, 0.25) is 0 Å². The average Bonchev–Trinajstić information content (AvgIpc) is 2.86. The van der Waals surface area contributed by atoms with Crippen molar-refractivity contribution in [1.29, 1.82) is 0 Å². The summed E-state index contributed by atoms with van der Waals surface area (Å²) in [6.07, 6.45) is 0. The Hall–Kier alpha value is -2.23. The zero-order chi connectivity index (χ0) is 14.5. The summed E-state index contributed by atoms with van der Waals surface area (Å²) in [5.41, 5.74) is 1.40. The van der Waals surface area contributed by atoms with E-state index in [9.17, 15) is 4.79 Å². The number of hydrogen-bond acceptors (Lipinski definition) is 4. The number of esters is 1. The molecule has 1 aromatic carbocycles. The van der Waals surface area contributed by atoms with Crippen molar-refractivity contribution in [3.8, 4) is 0 Å². The Morgan fingerprint density at radius 3 is 2.80 bits per heavy atom. The molecular weight excluding hydrogens is 254 g/mol. The van der Waals surface area contributed by atoms with Crippen molar-refractivity contribution in [3.05, 3.63) is 53.5 Å². The first kappa shape index (κ1) is 14.2. The highest BCUT2D eigenvalue weighted by atomic mass is 16.5. The minimum absolute atomic E-state index is 0.0288. The molecule has 0 amide bonds. The molecule has 4 heteroatoms. The Kier molecular flexibility index (Phi) is 4.45. The van der Waals surface area contributed by atoms with Crippen molar-refractivity contribution < 1.29 is 13.9 Å². The third kappa shape index (κ3) is 3.41. The molecule has 0 aliphatic heterocycles. The Labute approximate surface area is 118 Å². The number of ether oxygens (including phenoxy) is 1. The van der Waals surface area contributed by atoms with E-state index < -0.39 is 0 Å². The van der Waals surface area contributed by atoms with Gasteiger partial charge >= 0.3 is 5.97 Å². The van der Waals surface area contributed by atoms with Gasteiger partial charge in [0.1, 0.15) is 11.5 Å². The molecule has 2 aromatic rings. The molecule has 0 radical (unpaired) electrons. The summed E-state index contributed by atoms with van der Waals surface area (Å²) in [4.78, 5) is 11.7. The quantitative estimate of drug-likeness (QED) is 0.838. The van der Waals surface area contributed by atoms with Gasteiger partial charge in [-0.3, -0.25) is 0 Å². The first-order chi connectivity index (χ1) is 9.60. The molecular formula is C16H19NO3. The van der Waals surface area contributed by atoms with Gasteiger partial charge in [-0.05, 0) is 51.1 Å². The van der Waals surface area contributed by atoms with Gasteiger partial charge in [-0.25, -0.2) is 4.79 Å². The molecule has 0 saturated carbocycles. The Bertz CT molecular complexity index is 589. The number of anilines is 1. The molecule has 2 rings (SSSR count). The van der Waals surface area contributed by atoms with E-state index in [1.165, 1.54) is 0 Å². The zero-order valence-electron chi connectivity index (χ0n) is 12.0. The van der Waals surface area contributed by atoms with Gasteiger partial charge in [-0.2, -0.15) is 0 Å². The van der Waals surface area contributed by atoms with Crippen LogP contribution in [0.4, 0.5) is 5.69 Å². The third-order valence-electron chi connectivity index (χ3n) is 2.94. The van der Waals surface area contributed by atoms with E-state index in [2.05, 4.69) is 5.32 Å². The molecule has 1 N–H and O–H groups in total. The summed E-state index contributed by atoms with van der Waals surface area (Å²) in [5.74, 6) is 1.44.